The highest BCUT2D eigenvalue weighted by Crippen LogP contribution is 2.49. The molecule has 0 bridgehead atoms. The van der Waals surface area contributed by atoms with E-state index in [1.54, 1.807) is 35.5 Å². The highest BCUT2D eigenvalue weighted by Gasteiger charge is 2.56. The predicted octanol–water partition coefficient (Wildman–Crippen LogP) is 4.54. The highest BCUT2D eigenvalue weighted by atomic mass is 19.1. The second-order valence-corrected chi connectivity index (χ2v) is 10.8. The second kappa shape index (κ2) is 9.49. The number of pyridine rings is 1. The van der Waals surface area contributed by atoms with Gasteiger partial charge >= 0.3 is 6.09 Å². The predicted molar refractivity (Wildman–Crippen MR) is 138 cm³/mol. The molecular weight excluding hydrogens is 485 g/mol. The molecule has 1 saturated heterocycles. The van der Waals surface area contributed by atoms with E-state index in [1.807, 2.05) is 25.1 Å². The molecule has 2 unspecified atom stereocenters. The van der Waals surface area contributed by atoms with Gasteiger partial charge in [-0.3, -0.25) is 19.5 Å². The monoisotopic (exact) mass is 515 g/mol. The van der Waals surface area contributed by atoms with Crippen LogP contribution in [0.3, 0.4) is 0 Å². The van der Waals surface area contributed by atoms with Crippen molar-refractivity contribution in [2.24, 2.45) is 11.8 Å². The van der Waals surface area contributed by atoms with Crippen LogP contribution in [-0.4, -0.2) is 57.3 Å². The molecule has 3 fully saturated rings. The topological polar surface area (TPSA) is 79.8 Å². The summed E-state index contributed by atoms with van der Waals surface area (Å²) < 4.78 is 19.3. The third-order valence-corrected chi connectivity index (χ3v) is 8.44. The van der Waals surface area contributed by atoms with Crippen LogP contribution in [0.25, 0.3) is 5.57 Å². The first-order chi connectivity index (χ1) is 18.3. The maximum atomic E-state index is 13.5. The van der Waals surface area contributed by atoms with E-state index >= 15 is 0 Å². The van der Waals surface area contributed by atoms with Crippen molar-refractivity contribution in [1.82, 2.24) is 14.8 Å². The molecule has 3 aliphatic carbocycles. The number of carbonyl (C=O) groups excluding carboxylic acids is 3. The number of amides is 2. The number of aromatic nitrogens is 1. The van der Waals surface area contributed by atoms with Gasteiger partial charge in [-0.05, 0) is 79.5 Å². The molecule has 1 spiro atoms. The van der Waals surface area contributed by atoms with Gasteiger partial charge in [-0.1, -0.05) is 24.3 Å². The lowest BCUT2D eigenvalue weighted by Crippen LogP contribution is -2.46. The van der Waals surface area contributed by atoms with Gasteiger partial charge in [-0.25, -0.2) is 9.18 Å². The number of carbonyl (C=O) groups is 3. The van der Waals surface area contributed by atoms with Gasteiger partial charge in [-0.2, -0.15) is 0 Å². The third kappa shape index (κ3) is 4.42. The molecule has 196 valence electrons. The van der Waals surface area contributed by atoms with Crippen molar-refractivity contribution in [1.29, 1.82) is 0 Å². The Labute approximate surface area is 221 Å². The molecule has 0 radical (unpaired) electrons. The van der Waals surface area contributed by atoms with E-state index in [1.165, 1.54) is 17.0 Å². The number of Topliss-reactive ketones (excluding diaryl/α,β-unsaturated/α-hetero) is 1. The Bertz CT molecular complexity index is 1340. The first-order valence-electron chi connectivity index (χ1n) is 13.2. The Morgan fingerprint density at radius 3 is 2.58 bits per heavy atom. The lowest BCUT2D eigenvalue weighted by Gasteiger charge is -2.31. The van der Waals surface area contributed by atoms with Crippen LogP contribution >= 0.6 is 0 Å². The maximum Gasteiger partial charge on any atom is 0.411 e. The summed E-state index contributed by atoms with van der Waals surface area (Å²) in [6, 6.07) is 9.82. The van der Waals surface area contributed by atoms with Crippen molar-refractivity contribution in [3.8, 4) is 0 Å². The van der Waals surface area contributed by atoms with Gasteiger partial charge in [0.1, 0.15) is 12.4 Å². The lowest BCUT2D eigenvalue weighted by molar-refractivity contribution is -0.135. The minimum atomic E-state index is -0.887. The van der Waals surface area contributed by atoms with Gasteiger partial charge in [0.25, 0.3) is 0 Å². The molecule has 2 saturated carbocycles. The van der Waals surface area contributed by atoms with Gasteiger partial charge in [0.05, 0.1) is 6.54 Å². The molecule has 0 N–H and O–H groups in total. The van der Waals surface area contributed by atoms with Crippen LogP contribution in [0, 0.1) is 17.7 Å². The first kappa shape index (κ1) is 24.5. The summed E-state index contributed by atoms with van der Waals surface area (Å²) in [5.41, 5.74) is 2.23. The van der Waals surface area contributed by atoms with Crippen LogP contribution in [0.4, 0.5) is 9.18 Å². The molecule has 2 amide bonds. The van der Waals surface area contributed by atoms with Gasteiger partial charge in [-0.15, -0.1) is 0 Å². The summed E-state index contributed by atoms with van der Waals surface area (Å²) in [6.07, 6.45) is 9.80. The second-order valence-electron chi connectivity index (χ2n) is 10.8. The van der Waals surface area contributed by atoms with E-state index in [4.69, 9.17) is 4.74 Å². The van der Waals surface area contributed by atoms with E-state index in [0.29, 0.717) is 30.9 Å². The van der Waals surface area contributed by atoms with Crippen LogP contribution in [0.15, 0.2) is 66.5 Å². The summed E-state index contributed by atoms with van der Waals surface area (Å²) in [5, 5.41) is 0. The third-order valence-electron chi connectivity index (χ3n) is 8.44. The number of benzene rings is 1. The quantitative estimate of drug-likeness (QED) is 0.541. The number of hydrogen-bond acceptors (Lipinski definition) is 5. The van der Waals surface area contributed by atoms with Crippen molar-refractivity contribution < 1.29 is 23.5 Å². The van der Waals surface area contributed by atoms with E-state index < -0.39 is 11.7 Å². The maximum absolute atomic E-state index is 13.5. The minimum Gasteiger partial charge on any atom is -0.436 e. The fourth-order valence-electron chi connectivity index (χ4n) is 6.12. The minimum absolute atomic E-state index is 0.0198. The molecule has 6 rings (SSSR count). The number of halogens is 1. The Hall–Kier alpha value is -3.81. The SMILES string of the molecule is CC(C1CC1)N(Cc1ccc(F)cc1)C(=O)CN1C[C@]2(CCC3C(=O)C(c4ccncc4)=CC=C32)OC1=O. The Kier molecular flexibility index (Phi) is 6.13. The summed E-state index contributed by atoms with van der Waals surface area (Å²) in [4.78, 5) is 47.2. The van der Waals surface area contributed by atoms with Crippen molar-refractivity contribution in [3.63, 3.8) is 0 Å². The zero-order chi connectivity index (χ0) is 26.4. The van der Waals surface area contributed by atoms with Gasteiger partial charge in [0.2, 0.25) is 5.91 Å². The van der Waals surface area contributed by atoms with Crippen molar-refractivity contribution in [2.45, 2.75) is 50.8 Å². The lowest BCUT2D eigenvalue weighted by atomic mass is 9.82. The molecule has 7 nitrogen and oxygen atoms in total. The fraction of sp³-hybridized carbons (Fsp3) is 0.400. The standard InChI is InChI=1S/C30H30FN3O4/c1-19(21-4-5-21)34(16-20-2-6-23(31)7-3-20)27(35)17-33-18-30(38-29(33)37)13-10-25-26(30)9-8-24(28(25)36)22-11-14-32-15-12-22/h2-3,6-9,11-12,14-15,19,21,25H,4-5,10,13,16-18H2,1H3/t19?,25?,30-/m0/s1. The number of allylic oxidation sites excluding steroid dienone is 3. The van der Waals surface area contributed by atoms with Gasteiger partial charge in [0.15, 0.2) is 11.4 Å². The first-order valence-corrected chi connectivity index (χ1v) is 13.2. The van der Waals surface area contributed by atoms with Crippen LogP contribution in [0.1, 0.15) is 43.7 Å². The van der Waals surface area contributed by atoms with Crippen LogP contribution in [0.5, 0.6) is 0 Å². The number of nitrogens with zero attached hydrogens (tertiary/aromatic N) is 3. The van der Waals surface area contributed by atoms with E-state index in [9.17, 15) is 18.8 Å². The van der Waals surface area contributed by atoms with Gasteiger partial charge in [0, 0.05) is 36.5 Å². The Balaban J connectivity index is 1.20. The van der Waals surface area contributed by atoms with E-state index in [0.717, 1.165) is 29.5 Å². The summed E-state index contributed by atoms with van der Waals surface area (Å²) in [5.74, 6) is -0.353. The smallest absolute Gasteiger partial charge is 0.411 e. The van der Waals surface area contributed by atoms with E-state index in [2.05, 4.69) is 4.98 Å². The highest BCUT2D eigenvalue weighted by molar-refractivity contribution is 6.24. The van der Waals surface area contributed by atoms with E-state index in [-0.39, 0.29) is 42.6 Å². The molecule has 38 heavy (non-hydrogen) atoms. The number of fused-ring (bicyclic) bond motifs is 2. The van der Waals surface area contributed by atoms with Crippen LogP contribution < -0.4 is 0 Å². The fourth-order valence-corrected chi connectivity index (χ4v) is 6.12. The summed E-state index contributed by atoms with van der Waals surface area (Å²) in [7, 11) is 0. The number of ketones is 1. The summed E-state index contributed by atoms with van der Waals surface area (Å²) in [6.45, 7) is 2.54. The molecule has 1 aliphatic heterocycles. The number of rotatable bonds is 7. The number of ether oxygens (including phenoxy) is 1. The average Bonchev–Trinajstić information content (AvgIpc) is 3.65. The zero-order valence-corrected chi connectivity index (χ0v) is 21.3. The Morgan fingerprint density at radius 1 is 1.13 bits per heavy atom. The zero-order valence-electron chi connectivity index (χ0n) is 21.3. The molecule has 1 aromatic heterocycles. The van der Waals surface area contributed by atoms with Crippen molar-refractivity contribution in [2.75, 3.05) is 13.1 Å². The normalized spacial score (nSPS) is 25.1. The summed E-state index contributed by atoms with van der Waals surface area (Å²) >= 11 is 0. The molecule has 2 heterocycles. The molecule has 8 heteroatoms. The van der Waals surface area contributed by atoms with Crippen LogP contribution in [0.2, 0.25) is 0 Å². The number of hydrogen-bond donors (Lipinski definition) is 0. The molecular formula is C30H30FN3O4. The molecule has 1 aromatic carbocycles. The molecule has 4 aliphatic rings. The largest absolute Gasteiger partial charge is 0.436 e. The molecule has 2 aromatic rings. The Morgan fingerprint density at radius 2 is 1.87 bits per heavy atom. The van der Waals surface area contributed by atoms with Gasteiger partial charge < -0.3 is 9.64 Å². The molecule has 3 atom stereocenters. The average molecular weight is 516 g/mol. The van der Waals surface area contributed by atoms with Crippen LogP contribution in [-0.2, 0) is 20.9 Å². The van der Waals surface area contributed by atoms with Crippen molar-refractivity contribution in [3.05, 3.63) is 83.5 Å². The van der Waals surface area contributed by atoms with Crippen molar-refractivity contribution >= 4 is 23.4 Å².